The van der Waals surface area contributed by atoms with Crippen molar-refractivity contribution in [3.8, 4) is 6.07 Å². The molecule has 17 heavy (non-hydrogen) atoms. The van der Waals surface area contributed by atoms with Crippen LogP contribution in [-0.4, -0.2) is 0 Å². The maximum Gasteiger partial charge on any atom is 0.144 e. The number of nitrogens with zero attached hydrogens (tertiary/aromatic N) is 1. The SMILES string of the molecule is N#Cc1cccc(CSCc2ccco2)c1F. The maximum absolute atomic E-state index is 13.7. The second-order valence-corrected chi connectivity index (χ2v) is 4.45. The molecule has 0 atom stereocenters. The van der Waals surface area contributed by atoms with Crippen molar-refractivity contribution in [1.29, 1.82) is 5.26 Å². The van der Waals surface area contributed by atoms with Gasteiger partial charge in [-0.05, 0) is 23.8 Å². The van der Waals surface area contributed by atoms with Crippen molar-refractivity contribution in [2.45, 2.75) is 11.5 Å². The molecule has 0 fully saturated rings. The summed E-state index contributed by atoms with van der Waals surface area (Å²) >= 11 is 1.55. The van der Waals surface area contributed by atoms with Gasteiger partial charge in [0, 0.05) is 5.75 Å². The molecule has 4 heteroatoms. The Balaban J connectivity index is 1.98. The quantitative estimate of drug-likeness (QED) is 0.826. The molecule has 1 heterocycles. The Labute approximate surface area is 103 Å². The number of furan rings is 1. The van der Waals surface area contributed by atoms with Crippen LogP contribution in [0.3, 0.4) is 0 Å². The average molecular weight is 247 g/mol. The first-order chi connectivity index (χ1) is 8.31. The molecule has 0 radical (unpaired) electrons. The molecule has 0 amide bonds. The first-order valence-electron chi connectivity index (χ1n) is 5.09. The molecular weight excluding hydrogens is 237 g/mol. The minimum absolute atomic E-state index is 0.0982. The fourth-order valence-electron chi connectivity index (χ4n) is 1.43. The molecule has 2 aromatic rings. The van der Waals surface area contributed by atoms with Crippen LogP contribution in [0.15, 0.2) is 41.0 Å². The third kappa shape index (κ3) is 2.89. The lowest BCUT2D eigenvalue weighted by molar-refractivity contribution is 0.530. The second-order valence-electron chi connectivity index (χ2n) is 3.46. The molecule has 0 aliphatic carbocycles. The molecule has 0 unspecified atom stereocenters. The normalized spacial score (nSPS) is 10.1. The minimum Gasteiger partial charge on any atom is -0.468 e. The number of rotatable bonds is 4. The monoisotopic (exact) mass is 247 g/mol. The Morgan fingerprint density at radius 2 is 2.12 bits per heavy atom. The number of hydrogen-bond donors (Lipinski definition) is 0. The molecular formula is C13H10FNOS. The van der Waals surface area contributed by atoms with Crippen molar-refractivity contribution in [1.82, 2.24) is 0 Å². The Bertz CT molecular complexity index is 531. The summed E-state index contributed by atoms with van der Waals surface area (Å²) in [7, 11) is 0. The molecule has 0 saturated carbocycles. The van der Waals surface area contributed by atoms with Gasteiger partial charge in [0.25, 0.3) is 0 Å². The highest BCUT2D eigenvalue weighted by Crippen LogP contribution is 2.21. The predicted octanol–water partition coefficient (Wildman–Crippen LogP) is 3.72. The zero-order valence-corrected chi connectivity index (χ0v) is 9.84. The van der Waals surface area contributed by atoms with Gasteiger partial charge >= 0.3 is 0 Å². The van der Waals surface area contributed by atoms with Gasteiger partial charge in [-0.15, -0.1) is 11.8 Å². The van der Waals surface area contributed by atoms with E-state index in [4.69, 9.17) is 9.68 Å². The van der Waals surface area contributed by atoms with Gasteiger partial charge in [-0.25, -0.2) is 4.39 Å². The summed E-state index contributed by atoms with van der Waals surface area (Å²) in [6, 6.07) is 10.4. The van der Waals surface area contributed by atoms with Gasteiger partial charge in [0.05, 0.1) is 17.6 Å². The van der Waals surface area contributed by atoms with Gasteiger partial charge in [-0.1, -0.05) is 12.1 Å². The topological polar surface area (TPSA) is 36.9 Å². The fraction of sp³-hybridized carbons (Fsp3) is 0.154. The summed E-state index contributed by atoms with van der Waals surface area (Å²) < 4.78 is 18.9. The number of benzene rings is 1. The number of nitriles is 1. The first kappa shape index (κ1) is 11.7. The zero-order chi connectivity index (χ0) is 12.1. The standard InChI is InChI=1S/C13H10FNOS/c14-13-10(7-15)3-1-4-11(13)8-17-9-12-5-2-6-16-12/h1-6H,8-9H2. The first-order valence-corrected chi connectivity index (χ1v) is 6.24. The van der Waals surface area contributed by atoms with Gasteiger partial charge in [0.15, 0.2) is 0 Å². The van der Waals surface area contributed by atoms with Crippen molar-refractivity contribution in [2.24, 2.45) is 0 Å². The summed E-state index contributed by atoms with van der Waals surface area (Å²) in [4.78, 5) is 0. The molecule has 0 bridgehead atoms. The summed E-state index contributed by atoms with van der Waals surface area (Å²) in [5, 5.41) is 8.71. The Morgan fingerprint density at radius 1 is 1.24 bits per heavy atom. The molecule has 0 aliphatic heterocycles. The third-order valence-corrected chi connectivity index (χ3v) is 3.28. The van der Waals surface area contributed by atoms with Crippen LogP contribution in [0.25, 0.3) is 0 Å². The summed E-state index contributed by atoms with van der Waals surface area (Å²) in [6.07, 6.45) is 1.62. The van der Waals surface area contributed by atoms with Crippen molar-refractivity contribution >= 4 is 11.8 Å². The van der Waals surface area contributed by atoms with E-state index in [9.17, 15) is 4.39 Å². The van der Waals surface area contributed by atoms with Crippen LogP contribution in [0.1, 0.15) is 16.9 Å². The van der Waals surface area contributed by atoms with E-state index in [2.05, 4.69) is 0 Å². The van der Waals surface area contributed by atoms with E-state index in [1.807, 2.05) is 18.2 Å². The van der Waals surface area contributed by atoms with E-state index in [0.29, 0.717) is 17.1 Å². The number of hydrogen-bond acceptors (Lipinski definition) is 3. The zero-order valence-electron chi connectivity index (χ0n) is 9.02. The molecule has 1 aromatic carbocycles. The lowest BCUT2D eigenvalue weighted by Gasteiger charge is -2.03. The van der Waals surface area contributed by atoms with E-state index in [0.717, 1.165) is 5.76 Å². The molecule has 0 saturated heterocycles. The molecule has 0 spiro atoms. The van der Waals surface area contributed by atoms with E-state index in [1.165, 1.54) is 6.07 Å². The third-order valence-electron chi connectivity index (χ3n) is 2.28. The Kier molecular flexibility index (Phi) is 3.84. The van der Waals surface area contributed by atoms with Gasteiger partial charge in [-0.2, -0.15) is 5.26 Å². The van der Waals surface area contributed by atoms with Gasteiger partial charge < -0.3 is 4.42 Å². The lowest BCUT2D eigenvalue weighted by Crippen LogP contribution is -1.92. The highest BCUT2D eigenvalue weighted by atomic mass is 32.2. The smallest absolute Gasteiger partial charge is 0.144 e. The van der Waals surface area contributed by atoms with Crippen molar-refractivity contribution in [3.05, 3.63) is 59.3 Å². The van der Waals surface area contributed by atoms with Gasteiger partial charge in [0.1, 0.15) is 17.6 Å². The van der Waals surface area contributed by atoms with Crippen LogP contribution < -0.4 is 0 Å². The van der Waals surface area contributed by atoms with E-state index < -0.39 is 5.82 Å². The Morgan fingerprint density at radius 3 is 2.82 bits per heavy atom. The summed E-state index contributed by atoms with van der Waals surface area (Å²) in [6.45, 7) is 0. The average Bonchev–Trinajstić information content (AvgIpc) is 2.84. The van der Waals surface area contributed by atoms with Crippen LogP contribution in [0.4, 0.5) is 4.39 Å². The van der Waals surface area contributed by atoms with E-state index in [1.54, 1.807) is 30.2 Å². The molecule has 0 aliphatic rings. The largest absolute Gasteiger partial charge is 0.468 e. The van der Waals surface area contributed by atoms with Gasteiger partial charge in [-0.3, -0.25) is 0 Å². The Hall–Kier alpha value is -1.73. The van der Waals surface area contributed by atoms with Gasteiger partial charge in [0.2, 0.25) is 0 Å². The van der Waals surface area contributed by atoms with E-state index in [-0.39, 0.29) is 5.56 Å². The molecule has 1 aromatic heterocycles. The van der Waals surface area contributed by atoms with Crippen LogP contribution in [0.2, 0.25) is 0 Å². The minimum atomic E-state index is -0.415. The van der Waals surface area contributed by atoms with Crippen molar-refractivity contribution in [2.75, 3.05) is 0 Å². The van der Waals surface area contributed by atoms with Crippen LogP contribution >= 0.6 is 11.8 Å². The molecule has 86 valence electrons. The number of thioether (sulfide) groups is 1. The fourth-order valence-corrected chi connectivity index (χ4v) is 2.34. The van der Waals surface area contributed by atoms with Crippen molar-refractivity contribution in [3.63, 3.8) is 0 Å². The lowest BCUT2D eigenvalue weighted by atomic mass is 10.1. The molecule has 2 nitrogen and oxygen atoms in total. The van der Waals surface area contributed by atoms with Crippen molar-refractivity contribution < 1.29 is 8.81 Å². The molecule has 2 rings (SSSR count). The maximum atomic E-state index is 13.7. The second kappa shape index (κ2) is 5.55. The predicted molar refractivity (Wildman–Crippen MR) is 64.8 cm³/mol. The van der Waals surface area contributed by atoms with Crippen LogP contribution in [0.5, 0.6) is 0 Å². The highest BCUT2D eigenvalue weighted by molar-refractivity contribution is 7.97. The molecule has 0 N–H and O–H groups in total. The van der Waals surface area contributed by atoms with E-state index >= 15 is 0 Å². The van der Waals surface area contributed by atoms with Crippen LogP contribution in [0, 0.1) is 17.1 Å². The summed E-state index contributed by atoms with van der Waals surface area (Å²) in [5.41, 5.74) is 0.654. The van der Waals surface area contributed by atoms with Crippen LogP contribution in [-0.2, 0) is 11.5 Å². The number of halogens is 1. The summed E-state index contributed by atoms with van der Waals surface area (Å²) in [5.74, 6) is 1.68. The highest BCUT2D eigenvalue weighted by Gasteiger charge is 2.07.